The fourth-order valence-corrected chi connectivity index (χ4v) is 1.96. The zero-order valence-electron chi connectivity index (χ0n) is 9.79. The van der Waals surface area contributed by atoms with E-state index in [9.17, 15) is 0 Å². The van der Waals surface area contributed by atoms with Crippen LogP contribution in [0.15, 0.2) is 18.2 Å². The van der Waals surface area contributed by atoms with Crippen molar-refractivity contribution in [1.29, 1.82) is 0 Å². The van der Waals surface area contributed by atoms with Gasteiger partial charge < -0.3 is 4.74 Å². The maximum absolute atomic E-state index is 6.25. The lowest BCUT2D eigenvalue weighted by atomic mass is 10.0. The van der Waals surface area contributed by atoms with Gasteiger partial charge in [-0.25, -0.2) is 0 Å². The van der Waals surface area contributed by atoms with Crippen molar-refractivity contribution in [2.24, 2.45) is 5.84 Å². The molecule has 1 aromatic carbocycles. The summed E-state index contributed by atoms with van der Waals surface area (Å²) in [5.41, 5.74) is 4.94. The number of ether oxygens (including phenoxy) is 1. The molecule has 0 aromatic heterocycles. The molecule has 0 fully saturated rings. The van der Waals surface area contributed by atoms with Gasteiger partial charge in [-0.1, -0.05) is 29.8 Å². The third-order valence-corrected chi connectivity index (χ3v) is 3.16. The summed E-state index contributed by atoms with van der Waals surface area (Å²) in [6.45, 7) is 2.73. The number of hydrogen-bond acceptors (Lipinski definition) is 3. The first kappa shape index (κ1) is 13.5. The maximum Gasteiger partial charge on any atom is 0.0483 e. The second-order valence-corrected chi connectivity index (χ2v) is 4.21. The van der Waals surface area contributed by atoms with Crippen LogP contribution in [-0.4, -0.2) is 13.7 Å². The highest BCUT2D eigenvalue weighted by atomic mass is 35.5. The van der Waals surface area contributed by atoms with Crippen LogP contribution in [0.4, 0.5) is 0 Å². The topological polar surface area (TPSA) is 47.3 Å². The third kappa shape index (κ3) is 3.46. The fourth-order valence-electron chi connectivity index (χ4n) is 1.70. The lowest BCUT2D eigenvalue weighted by molar-refractivity contribution is 0.189. The molecule has 90 valence electrons. The van der Waals surface area contributed by atoms with E-state index in [0.29, 0.717) is 0 Å². The largest absolute Gasteiger partial charge is 0.385 e. The van der Waals surface area contributed by atoms with Crippen LogP contribution >= 0.6 is 11.6 Å². The van der Waals surface area contributed by atoms with Gasteiger partial charge >= 0.3 is 0 Å². The van der Waals surface area contributed by atoms with Gasteiger partial charge in [0, 0.05) is 24.8 Å². The average Bonchev–Trinajstić information content (AvgIpc) is 2.29. The Bertz CT molecular complexity index is 331. The van der Waals surface area contributed by atoms with E-state index >= 15 is 0 Å². The highest BCUT2D eigenvalue weighted by molar-refractivity contribution is 6.32. The number of nitrogens with one attached hydrogen (secondary N) is 1. The van der Waals surface area contributed by atoms with Crippen LogP contribution in [0.2, 0.25) is 5.02 Å². The van der Waals surface area contributed by atoms with Crippen molar-refractivity contribution in [2.45, 2.75) is 25.8 Å². The Morgan fingerprint density at radius 1 is 1.50 bits per heavy atom. The minimum atomic E-state index is 0.0857. The van der Waals surface area contributed by atoms with Gasteiger partial charge in [0.05, 0.1) is 0 Å². The van der Waals surface area contributed by atoms with Crippen molar-refractivity contribution in [3.63, 3.8) is 0 Å². The first-order chi connectivity index (χ1) is 7.70. The molecule has 1 unspecified atom stereocenters. The number of aryl methyl sites for hydroxylation is 1. The molecule has 0 bridgehead atoms. The monoisotopic (exact) mass is 242 g/mol. The molecule has 0 aliphatic carbocycles. The number of hydrazine groups is 1. The Balaban J connectivity index is 2.74. The van der Waals surface area contributed by atoms with E-state index in [0.717, 1.165) is 35.6 Å². The molecule has 0 aliphatic rings. The summed E-state index contributed by atoms with van der Waals surface area (Å²) in [6.07, 6.45) is 1.86. The van der Waals surface area contributed by atoms with Gasteiger partial charge in [0.25, 0.3) is 0 Å². The molecule has 1 rings (SSSR count). The highest BCUT2D eigenvalue weighted by Gasteiger charge is 2.13. The molecule has 0 radical (unpaired) electrons. The molecular weight excluding hydrogens is 224 g/mol. The standard InChI is InChI=1S/C12H19ClN2O/c1-9-5-3-6-10(12(9)13)11(15-14)7-4-8-16-2/h3,5-6,11,15H,4,7-8,14H2,1-2H3. The Hall–Kier alpha value is -0.610. The van der Waals surface area contributed by atoms with Gasteiger partial charge in [0.15, 0.2) is 0 Å². The van der Waals surface area contributed by atoms with E-state index in [2.05, 4.69) is 5.43 Å². The lowest BCUT2D eigenvalue weighted by Gasteiger charge is -2.18. The summed E-state index contributed by atoms with van der Waals surface area (Å²) < 4.78 is 5.02. The number of nitrogens with two attached hydrogens (primary N) is 1. The average molecular weight is 243 g/mol. The SMILES string of the molecule is COCCCC(NN)c1cccc(C)c1Cl. The first-order valence-electron chi connectivity index (χ1n) is 5.40. The van der Waals surface area contributed by atoms with Crippen LogP contribution in [0.25, 0.3) is 0 Å². The van der Waals surface area contributed by atoms with Crippen LogP contribution < -0.4 is 11.3 Å². The molecule has 3 nitrogen and oxygen atoms in total. The van der Waals surface area contributed by atoms with Gasteiger partial charge in [0.1, 0.15) is 0 Å². The molecule has 3 N–H and O–H groups in total. The maximum atomic E-state index is 6.25. The molecular formula is C12H19ClN2O. The number of halogens is 1. The van der Waals surface area contributed by atoms with Gasteiger partial charge in [-0.15, -0.1) is 0 Å². The zero-order chi connectivity index (χ0) is 12.0. The van der Waals surface area contributed by atoms with Crippen LogP contribution in [0.1, 0.15) is 30.0 Å². The normalized spacial score (nSPS) is 12.8. The Labute approximate surface area is 102 Å². The molecule has 0 aliphatic heterocycles. The summed E-state index contributed by atoms with van der Waals surface area (Å²) in [6, 6.07) is 6.08. The van der Waals surface area contributed by atoms with E-state index in [-0.39, 0.29) is 6.04 Å². The molecule has 0 saturated heterocycles. The predicted octanol–water partition coefficient (Wildman–Crippen LogP) is 2.58. The van der Waals surface area contributed by atoms with E-state index in [1.807, 2.05) is 25.1 Å². The van der Waals surface area contributed by atoms with Gasteiger partial charge in [-0.3, -0.25) is 11.3 Å². The van der Waals surface area contributed by atoms with E-state index in [1.54, 1.807) is 7.11 Å². The molecule has 0 spiro atoms. The molecule has 4 heteroatoms. The minimum absolute atomic E-state index is 0.0857. The van der Waals surface area contributed by atoms with Crippen molar-refractivity contribution in [3.8, 4) is 0 Å². The third-order valence-electron chi connectivity index (χ3n) is 2.64. The lowest BCUT2D eigenvalue weighted by Crippen LogP contribution is -2.28. The molecule has 0 amide bonds. The van der Waals surface area contributed by atoms with Crippen molar-refractivity contribution >= 4 is 11.6 Å². The van der Waals surface area contributed by atoms with Crippen LogP contribution in [-0.2, 0) is 4.74 Å². The van der Waals surface area contributed by atoms with Crippen LogP contribution in [0, 0.1) is 6.92 Å². The Morgan fingerprint density at radius 3 is 2.88 bits per heavy atom. The quantitative estimate of drug-likeness (QED) is 0.458. The van der Waals surface area contributed by atoms with E-state index in [4.69, 9.17) is 22.2 Å². The molecule has 1 aromatic rings. The molecule has 0 saturated carbocycles. The van der Waals surface area contributed by atoms with Gasteiger partial charge in [-0.05, 0) is 30.9 Å². The smallest absolute Gasteiger partial charge is 0.0483 e. The summed E-state index contributed by atoms with van der Waals surface area (Å²) in [4.78, 5) is 0. The van der Waals surface area contributed by atoms with Gasteiger partial charge in [-0.2, -0.15) is 0 Å². The molecule has 1 atom stereocenters. The van der Waals surface area contributed by atoms with Crippen molar-refractivity contribution in [2.75, 3.05) is 13.7 Å². The summed E-state index contributed by atoms with van der Waals surface area (Å²) in [5, 5.41) is 0.794. The second kappa shape index (κ2) is 6.86. The first-order valence-corrected chi connectivity index (χ1v) is 5.78. The summed E-state index contributed by atoms with van der Waals surface area (Å²) in [7, 11) is 1.70. The molecule has 0 heterocycles. The molecule has 16 heavy (non-hydrogen) atoms. The van der Waals surface area contributed by atoms with Crippen molar-refractivity contribution < 1.29 is 4.74 Å². The van der Waals surface area contributed by atoms with Gasteiger partial charge in [0.2, 0.25) is 0 Å². The Kier molecular flexibility index (Phi) is 5.77. The number of hydrogen-bond donors (Lipinski definition) is 2. The summed E-state index contributed by atoms with van der Waals surface area (Å²) >= 11 is 6.25. The fraction of sp³-hybridized carbons (Fsp3) is 0.500. The van der Waals surface area contributed by atoms with Crippen LogP contribution in [0.5, 0.6) is 0 Å². The number of rotatable bonds is 6. The number of benzene rings is 1. The van der Waals surface area contributed by atoms with E-state index in [1.165, 1.54) is 0 Å². The minimum Gasteiger partial charge on any atom is -0.385 e. The Morgan fingerprint density at radius 2 is 2.25 bits per heavy atom. The number of methoxy groups -OCH3 is 1. The summed E-state index contributed by atoms with van der Waals surface area (Å²) in [5.74, 6) is 5.56. The zero-order valence-corrected chi connectivity index (χ0v) is 10.6. The van der Waals surface area contributed by atoms with Crippen molar-refractivity contribution in [1.82, 2.24) is 5.43 Å². The van der Waals surface area contributed by atoms with E-state index < -0.39 is 0 Å². The van der Waals surface area contributed by atoms with Crippen molar-refractivity contribution in [3.05, 3.63) is 34.3 Å². The van der Waals surface area contributed by atoms with Crippen LogP contribution in [0.3, 0.4) is 0 Å². The second-order valence-electron chi connectivity index (χ2n) is 3.83. The predicted molar refractivity (Wildman–Crippen MR) is 67.4 cm³/mol. The highest BCUT2D eigenvalue weighted by Crippen LogP contribution is 2.28.